The standard InChI is InChI=1S/C24H31ClO4/c1-5-9-14-15(10-6-2)22-19(13-18(14)25)28-23-16(11-7-3)20(26)21(27)17(12-8-4)24(23)29-22/h13,26-27H,5-12H2,1-4H3. The van der Waals surface area contributed by atoms with Crippen LogP contribution < -0.4 is 9.47 Å². The van der Waals surface area contributed by atoms with Crippen LogP contribution in [0.2, 0.25) is 5.02 Å². The molecule has 29 heavy (non-hydrogen) atoms. The number of phenols is 2. The van der Waals surface area contributed by atoms with Crippen LogP contribution in [0.25, 0.3) is 0 Å². The highest BCUT2D eigenvalue weighted by atomic mass is 35.5. The lowest BCUT2D eigenvalue weighted by Gasteiger charge is -2.29. The van der Waals surface area contributed by atoms with Crippen molar-refractivity contribution in [1.82, 2.24) is 0 Å². The summed E-state index contributed by atoms with van der Waals surface area (Å²) in [4.78, 5) is 0. The van der Waals surface area contributed by atoms with Crippen LogP contribution in [0.15, 0.2) is 6.07 Å². The number of rotatable bonds is 8. The molecule has 1 heterocycles. The summed E-state index contributed by atoms with van der Waals surface area (Å²) in [5.74, 6) is 2.09. The highest BCUT2D eigenvalue weighted by Gasteiger charge is 2.32. The molecule has 158 valence electrons. The summed E-state index contributed by atoms with van der Waals surface area (Å²) in [5, 5.41) is 22.0. The van der Waals surface area contributed by atoms with E-state index < -0.39 is 0 Å². The van der Waals surface area contributed by atoms with Crippen LogP contribution in [-0.2, 0) is 25.7 Å². The van der Waals surface area contributed by atoms with Gasteiger partial charge in [-0.25, -0.2) is 0 Å². The van der Waals surface area contributed by atoms with Gasteiger partial charge in [-0.05, 0) is 31.2 Å². The van der Waals surface area contributed by atoms with E-state index in [1.54, 1.807) is 0 Å². The fourth-order valence-electron chi connectivity index (χ4n) is 4.09. The molecule has 0 saturated heterocycles. The molecule has 1 aliphatic rings. The highest BCUT2D eigenvalue weighted by Crippen LogP contribution is 2.57. The van der Waals surface area contributed by atoms with Gasteiger partial charge < -0.3 is 19.7 Å². The van der Waals surface area contributed by atoms with Gasteiger partial charge in [0.25, 0.3) is 0 Å². The lowest BCUT2D eigenvalue weighted by Crippen LogP contribution is -2.09. The molecule has 2 aromatic carbocycles. The first-order valence-electron chi connectivity index (χ1n) is 10.8. The third-order valence-electron chi connectivity index (χ3n) is 5.37. The van der Waals surface area contributed by atoms with Crippen molar-refractivity contribution in [2.45, 2.75) is 79.1 Å². The molecule has 0 radical (unpaired) electrons. The first kappa shape index (κ1) is 21.6. The number of halogens is 1. The summed E-state index contributed by atoms with van der Waals surface area (Å²) in [6.45, 7) is 8.32. The van der Waals surface area contributed by atoms with Gasteiger partial charge >= 0.3 is 0 Å². The molecule has 3 rings (SSSR count). The number of aromatic hydroxyl groups is 2. The fraction of sp³-hybridized carbons (Fsp3) is 0.500. The quantitative estimate of drug-likeness (QED) is 0.372. The first-order chi connectivity index (χ1) is 14.0. The summed E-state index contributed by atoms with van der Waals surface area (Å²) in [5.41, 5.74) is 3.36. The molecule has 0 fully saturated rings. The molecule has 5 heteroatoms. The Morgan fingerprint density at radius 2 is 1.10 bits per heavy atom. The average Bonchev–Trinajstić information content (AvgIpc) is 2.70. The van der Waals surface area contributed by atoms with E-state index >= 15 is 0 Å². The molecule has 0 saturated carbocycles. The third kappa shape index (κ3) is 3.87. The van der Waals surface area contributed by atoms with Crippen molar-refractivity contribution in [2.75, 3.05) is 0 Å². The Balaban J connectivity index is 2.25. The van der Waals surface area contributed by atoms with Gasteiger partial charge in [-0.1, -0.05) is 65.0 Å². The molecule has 1 aliphatic heterocycles. The van der Waals surface area contributed by atoms with Crippen molar-refractivity contribution >= 4 is 11.6 Å². The van der Waals surface area contributed by atoms with E-state index in [0.29, 0.717) is 52.0 Å². The van der Waals surface area contributed by atoms with Gasteiger partial charge in [0.05, 0.1) is 0 Å². The Morgan fingerprint density at radius 1 is 0.655 bits per heavy atom. The molecule has 0 aliphatic carbocycles. The second-order valence-corrected chi connectivity index (χ2v) is 8.07. The zero-order valence-corrected chi connectivity index (χ0v) is 18.6. The topological polar surface area (TPSA) is 58.9 Å². The van der Waals surface area contributed by atoms with Gasteiger partial charge in [0.1, 0.15) is 0 Å². The number of hydrogen-bond donors (Lipinski definition) is 2. The lowest BCUT2D eigenvalue weighted by atomic mass is 9.95. The monoisotopic (exact) mass is 418 g/mol. The summed E-state index contributed by atoms with van der Waals surface area (Å²) in [7, 11) is 0. The lowest BCUT2D eigenvalue weighted by molar-refractivity contribution is 0.332. The van der Waals surface area contributed by atoms with E-state index in [0.717, 1.165) is 49.7 Å². The molecule has 2 aromatic rings. The maximum atomic E-state index is 10.7. The predicted molar refractivity (Wildman–Crippen MR) is 117 cm³/mol. The maximum absolute atomic E-state index is 10.7. The van der Waals surface area contributed by atoms with E-state index in [1.807, 2.05) is 19.9 Å². The molecule has 0 amide bonds. The minimum atomic E-state index is -0.108. The second kappa shape index (κ2) is 9.17. The van der Waals surface area contributed by atoms with E-state index in [-0.39, 0.29) is 11.5 Å². The van der Waals surface area contributed by atoms with Crippen molar-refractivity contribution < 1.29 is 19.7 Å². The van der Waals surface area contributed by atoms with Crippen LogP contribution in [0.3, 0.4) is 0 Å². The molecule has 4 nitrogen and oxygen atoms in total. The Hall–Kier alpha value is -2.07. The average molecular weight is 419 g/mol. The van der Waals surface area contributed by atoms with Crippen molar-refractivity contribution in [3.05, 3.63) is 33.3 Å². The predicted octanol–water partition coefficient (Wildman–Crippen LogP) is 7.46. The van der Waals surface area contributed by atoms with Crippen LogP contribution in [0.1, 0.15) is 75.6 Å². The van der Waals surface area contributed by atoms with E-state index in [4.69, 9.17) is 21.1 Å². The zero-order chi connectivity index (χ0) is 21.1. The summed E-state index contributed by atoms with van der Waals surface area (Å²) < 4.78 is 12.8. The summed E-state index contributed by atoms with van der Waals surface area (Å²) in [6, 6.07) is 1.82. The number of benzene rings is 2. The van der Waals surface area contributed by atoms with Crippen LogP contribution in [0.4, 0.5) is 0 Å². The van der Waals surface area contributed by atoms with Crippen molar-refractivity contribution in [3.63, 3.8) is 0 Å². The van der Waals surface area contributed by atoms with Crippen molar-refractivity contribution in [2.24, 2.45) is 0 Å². The highest BCUT2D eigenvalue weighted by molar-refractivity contribution is 6.31. The third-order valence-corrected chi connectivity index (χ3v) is 5.71. The van der Waals surface area contributed by atoms with E-state index in [9.17, 15) is 10.2 Å². The number of ether oxygens (including phenoxy) is 2. The van der Waals surface area contributed by atoms with Crippen LogP contribution in [0, 0.1) is 0 Å². The molecule has 0 unspecified atom stereocenters. The molecule has 0 bridgehead atoms. The first-order valence-corrected chi connectivity index (χ1v) is 11.2. The van der Waals surface area contributed by atoms with Gasteiger partial charge in [0.15, 0.2) is 34.5 Å². The van der Waals surface area contributed by atoms with Crippen molar-refractivity contribution in [3.8, 4) is 34.5 Å². The van der Waals surface area contributed by atoms with Crippen LogP contribution >= 0.6 is 11.6 Å². The number of phenolic OH excluding ortho intramolecular Hbond substituents is 2. The summed E-state index contributed by atoms with van der Waals surface area (Å²) >= 11 is 6.62. The second-order valence-electron chi connectivity index (χ2n) is 7.66. The maximum Gasteiger partial charge on any atom is 0.177 e. The fourth-order valence-corrected chi connectivity index (χ4v) is 4.39. The minimum Gasteiger partial charge on any atom is -0.504 e. The van der Waals surface area contributed by atoms with E-state index in [1.165, 1.54) is 0 Å². The molecular weight excluding hydrogens is 388 g/mol. The molecule has 0 spiro atoms. The van der Waals surface area contributed by atoms with Crippen molar-refractivity contribution in [1.29, 1.82) is 0 Å². The largest absolute Gasteiger partial charge is 0.504 e. The Bertz CT molecular complexity index is 905. The number of hydrogen-bond acceptors (Lipinski definition) is 4. The van der Waals surface area contributed by atoms with Crippen LogP contribution in [-0.4, -0.2) is 10.2 Å². The Kier molecular flexibility index (Phi) is 6.84. The molecule has 0 aromatic heterocycles. The minimum absolute atomic E-state index is 0.0964. The molecule has 2 N–H and O–H groups in total. The Morgan fingerprint density at radius 3 is 1.62 bits per heavy atom. The van der Waals surface area contributed by atoms with Crippen LogP contribution in [0.5, 0.6) is 34.5 Å². The van der Waals surface area contributed by atoms with Gasteiger partial charge in [-0.3, -0.25) is 0 Å². The van der Waals surface area contributed by atoms with Gasteiger partial charge in [0, 0.05) is 27.8 Å². The number of fused-ring (bicyclic) bond motifs is 2. The normalized spacial score (nSPS) is 12.2. The van der Waals surface area contributed by atoms with E-state index in [2.05, 4.69) is 13.8 Å². The SMILES string of the molecule is CCCc1c(Cl)cc2c(c1CCC)Oc1c(CCC)c(O)c(O)c(CCC)c1O2. The zero-order valence-electron chi connectivity index (χ0n) is 17.8. The molecule has 0 atom stereocenters. The van der Waals surface area contributed by atoms with Gasteiger partial charge in [-0.15, -0.1) is 0 Å². The summed E-state index contributed by atoms with van der Waals surface area (Å²) in [6.07, 6.45) is 6.45. The van der Waals surface area contributed by atoms with Gasteiger partial charge in [0.2, 0.25) is 0 Å². The smallest absolute Gasteiger partial charge is 0.177 e. The van der Waals surface area contributed by atoms with Gasteiger partial charge in [-0.2, -0.15) is 0 Å². The molecular formula is C24H31ClO4. The Labute approximate surface area is 178 Å².